The number of rotatable bonds is 7. The second-order valence-electron chi connectivity index (χ2n) is 7.62. The number of anilines is 1. The van der Waals surface area contributed by atoms with E-state index in [1.54, 1.807) is 0 Å². The Labute approximate surface area is 199 Å². The van der Waals surface area contributed by atoms with E-state index in [9.17, 15) is 35.9 Å². The van der Waals surface area contributed by atoms with E-state index in [-0.39, 0.29) is 21.6 Å². The molecule has 3 aromatic rings. The third-order valence-corrected chi connectivity index (χ3v) is 5.23. The summed E-state index contributed by atoms with van der Waals surface area (Å²) in [6.07, 6.45) is -4.81. The van der Waals surface area contributed by atoms with Crippen LogP contribution in [-0.2, 0) is 6.54 Å². The molecule has 14 heteroatoms. The summed E-state index contributed by atoms with van der Waals surface area (Å²) in [7, 11) is 1.26. The van der Waals surface area contributed by atoms with Crippen LogP contribution in [0, 0.1) is 17.5 Å². The monoisotopic (exact) mass is 515 g/mol. The summed E-state index contributed by atoms with van der Waals surface area (Å²) in [5.74, 6) is -7.77. The number of ether oxygens (including phenoxy) is 1. The highest BCUT2D eigenvalue weighted by molar-refractivity contribution is 5.98. The Balaban J connectivity index is 1.96. The second-order valence-corrected chi connectivity index (χ2v) is 7.62. The number of nitrogens with zero attached hydrogens (tertiary/aromatic N) is 2. The maximum atomic E-state index is 14.9. The first-order valence-corrected chi connectivity index (χ1v) is 10.1. The number of nitrogens with two attached hydrogens (primary N) is 2. The molecule has 0 spiro atoms. The van der Waals surface area contributed by atoms with Crippen LogP contribution < -0.4 is 21.5 Å². The van der Waals surface area contributed by atoms with Gasteiger partial charge in [0.25, 0.3) is 11.8 Å². The molecule has 0 saturated heterocycles. The fourth-order valence-electron chi connectivity index (χ4n) is 3.38. The predicted molar refractivity (Wildman–Crippen MR) is 115 cm³/mol. The van der Waals surface area contributed by atoms with Gasteiger partial charge in [0, 0.05) is 6.54 Å². The number of methoxy groups -OCH3 is 1. The molecule has 2 amide bonds. The number of nitrogen functional groups attached to an aromatic ring is 1. The lowest BCUT2D eigenvalue weighted by molar-refractivity contribution is -0.147. The van der Waals surface area contributed by atoms with Gasteiger partial charge in [-0.3, -0.25) is 9.59 Å². The first kappa shape index (κ1) is 26.4. The summed E-state index contributed by atoms with van der Waals surface area (Å²) in [4.78, 5) is 24.2. The van der Waals surface area contributed by atoms with Crippen LogP contribution in [0.3, 0.4) is 0 Å². The number of primary amides is 1. The van der Waals surface area contributed by atoms with E-state index in [1.165, 1.54) is 13.2 Å². The van der Waals surface area contributed by atoms with Crippen LogP contribution in [0.4, 0.5) is 32.0 Å². The first-order chi connectivity index (χ1) is 16.8. The van der Waals surface area contributed by atoms with Gasteiger partial charge < -0.3 is 21.5 Å². The predicted octanol–water partition coefficient (Wildman–Crippen LogP) is 3.58. The largest absolute Gasteiger partial charge is 0.496 e. The molecule has 8 nitrogen and oxygen atoms in total. The highest BCUT2D eigenvalue weighted by atomic mass is 19.4. The fraction of sp³-hybridized carbons (Fsp3) is 0.227. The maximum Gasteiger partial charge on any atom is 0.397 e. The van der Waals surface area contributed by atoms with Crippen molar-refractivity contribution < 1.29 is 40.7 Å². The Bertz CT molecular complexity index is 1320. The van der Waals surface area contributed by atoms with E-state index in [4.69, 9.17) is 16.2 Å². The van der Waals surface area contributed by atoms with Crippen molar-refractivity contribution in [1.29, 1.82) is 0 Å². The molecule has 192 valence electrons. The lowest BCUT2D eigenvalue weighted by Crippen LogP contribution is -2.24. The van der Waals surface area contributed by atoms with Gasteiger partial charge in [-0.25, -0.2) is 17.9 Å². The number of alkyl halides is 3. The van der Waals surface area contributed by atoms with Gasteiger partial charge in [-0.2, -0.15) is 18.3 Å². The van der Waals surface area contributed by atoms with Crippen LogP contribution in [0.1, 0.15) is 44.9 Å². The first-order valence-electron chi connectivity index (χ1n) is 10.1. The van der Waals surface area contributed by atoms with Gasteiger partial charge in [0.1, 0.15) is 17.3 Å². The molecule has 2 aromatic carbocycles. The smallest absolute Gasteiger partial charge is 0.397 e. The Hall–Kier alpha value is -4.23. The van der Waals surface area contributed by atoms with Gasteiger partial charge in [0.2, 0.25) is 0 Å². The average Bonchev–Trinajstić information content (AvgIpc) is 3.12. The third-order valence-electron chi connectivity index (χ3n) is 5.23. The molecule has 36 heavy (non-hydrogen) atoms. The Kier molecular flexibility index (Phi) is 7.17. The normalized spacial score (nSPS) is 12.3. The van der Waals surface area contributed by atoms with Crippen molar-refractivity contribution in [1.82, 2.24) is 15.1 Å². The minimum absolute atomic E-state index is 0.0563. The van der Waals surface area contributed by atoms with E-state index >= 15 is 0 Å². The highest BCUT2D eigenvalue weighted by Crippen LogP contribution is 2.38. The van der Waals surface area contributed by atoms with Crippen LogP contribution in [0.15, 0.2) is 30.3 Å². The molecule has 0 aliphatic rings. The number of carbonyl (C=O) groups excluding carboxylic acids is 2. The molecule has 5 N–H and O–H groups in total. The van der Waals surface area contributed by atoms with Gasteiger partial charge in [-0.1, -0.05) is 0 Å². The Morgan fingerprint density at radius 2 is 1.75 bits per heavy atom. The van der Waals surface area contributed by atoms with Crippen LogP contribution in [-0.4, -0.2) is 34.9 Å². The van der Waals surface area contributed by atoms with Crippen molar-refractivity contribution in [3.8, 4) is 11.4 Å². The molecular weight excluding hydrogens is 496 g/mol. The number of hydrogen-bond acceptors (Lipinski definition) is 5. The van der Waals surface area contributed by atoms with E-state index in [0.29, 0.717) is 6.92 Å². The lowest BCUT2D eigenvalue weighted by Gasteiger charge is -2.13. The van der Waals surface area contributed by atoms with Crippen molar-refractivity contribution in [2.24, 2.45) is 5.73 Å². The molecule has 0 aliphatic heterocycles. The average molecular weight is 515 g/mol. The summed E-state index contributed by atoms with van der Waals surface area (Å²) in [6, 6.07) is 4.72. The third kappa shape index (κ3) is 5.06. The maximum absolute atomic E-state index is 14.9. The van der Waals surface area contributed by atoms with Crippen LogP contribution in [0.5, 0.6) is 5.75 Å². The van der Waals surface area contributed by atoms with Crippen LogP contribution in [0.2, 0.25) is 0 Å². The van der Waals surface area contributed by atoms with E-state index < -0.39 is 70.7 Å². The van der Waals surface area contributed by atoms with Gasteiger partial charge in [-0.05, 0) is 42.8 Å². The number of nitrogens with one attached hydrogen (secondary N) is 1. The molecule has 3 rings (SSSR count). The minimum atomic E-state index is -4.81. The summed E-state index contributed by atoms with van der Waals surface area (Å²) < 4.78 is 88.2. The van der Waals surface area contributed by atoms with Crippen molar-refractivity contribution in [2.45, 2.75) is 25.6 Å². The molecule has 0 fully saturated rings. The molecule has 0 radical (unpaired) electrons. The van der Waals surface area contributed by atoms with Gasteiger partial charge >= 0.3 is 6.18 Å². The van der Waals surface area contributed by atoms with Crippen LogP contribution in [0.25, 0.3) is 5.69 Å². The zero-order chi connectivity index (χ0) is 26.9. The van der Waals surface area contributed by atoms with Crippen molar-refractivity contribution in [3.63, 3.8) is 0 Å². The zero-order valence-electron chi connectivity index (χ0n) is 18.7. The quantitative estimate of drug-likeness (QED) is 0.415. The molecule has 0 aliphatic carbocycles. The Morgan fingerprint density at radius 1 is 1.14 bits per heavy atom. The summed E-state index contributed by atoms with van der Waals surface area (Å²) in [5.41, 5.74) is 7.09. The summed E-state index contributed by atoms with van der Waals surface area (Å²) in [6.45, 7) is 0.285. The SMILES string of the molecule is COc1ccc(F)cc1C(=O)NCc1cc(F)c(-n2nc(C(C)C(F)(F)F)c(N)c2C(N)=O)c(F)c1. The van der Waals surface area contributed by atoms with Gasteiger partial charge in [0.15, 0.2) is 17.3 Å². The van der Waals surface area contributed by atoms with E-state index in [0.717, 1.165) is 24.3 Å². The second kappa shape index (κ2) is 9.79. The standard InChI is InChI=1S/C22H19F6N5O3/c1-9(22(26,27)28)17-16(29)19(20(30)34)33(32-17)18-13(24)5-10(6-14(18)25)8-31-21(35)12-7-11(23)3-4-15(12)36-2/h3-7,9H,8,29H2,1-2H3,(H2,30,34)(H,31,35). The molecule has 1 atom stereocenters. The van der Waals surface area contributed by atoms with Gasteiger partial charge in [0.05, 0.1) is 30.0 Å². The highest BCUT2D eigenvalue weighted by Gasteiger charge is 2.41. The van der Waals surface area contributed by atoms with E-state index in [1.807, 2.05) is 0 Å². The van der Waals surface area contributed by atoms with Gasteiger partial charge in [-0.15, -0.1) is 0 Å². The molecular formula is C22H19F6N5O3. The van der Waals surface area contributed by atoms with Crippen molar-refractivity contribution in [3.05, 3.63) is 70.3 Å². The number of amides is 2. The number of aromatic nitrogens is 2. The molecule has 1 aromatic heterocycles. The number of carbonyl (C=O) groups is 2. The van der Waals surface area contributed by atoms with Crippen LogP contribution >= 0.6 is 0 Å². The van der Waals surface area contributed by atoms with Crippen molar-refractivity contribution in [2.75, 3.05) is 12.8 Å². The summed E-state index contributed by atoms with van der Waals surface area (Å²) >= 11 is 0. The van der Waals surface area contributed by atoms with Crippen molar-refractivity contribution >= 4 is 17.5 Å². The van der Waals surface area contributed by atoms with E-state index in [2.05, 4.69) is 10.4 Å². The number of halogens is 6. The minimum Gasteiger partial charge on any atom is -0.496 e. The molecule has 0 saturated carbocycles. The molecule has 1 unspecified atom stereocenters. The lowest BCUT2D eigenvalue weighted by atomic mass is 10.1. The number of benzene rings is 2. The molecule has 1 heterocycles. The Morgan fingerprint density at radius 3 is 2.28 bits per heavy atom. The fourth-order valence-corrected chi connectivity index (χ4v) is 3.38. The number of hydrogen-bond donors (Lipinski definition) is 3. The summed E-state index contributed by atoms with van der Waals surface area (Å²) in [5, 5.41) is 5.88. The zero-order valence-corrected chi connectivity index (χ0v) is 18.7. The topological polar surface area (TPSA) is 125 Å². The molecule has 0 bridgehead atoms.